The van der Waals surface area contributed by atoms with Crippen LogP contribution in [-0.2, 0) is 21.4 Å². The van der Waals surface area contributed by atoms with Crippen LogP contribution in [0.2, 0.25) is 0 Å². The summed E-state index contributed by atoms with van der Waals surface area (Å²) in [7, 11) is 1.21. The first-order chi connectivity index (χ1) is 8.46. The minimum atomic E-state index is -3.47. The molecule has 5 nitrogen and oxygen atoms in total. The molecular formula is C12H18N2O3S. The molecule has 1 aliphatic rings. The molecule has 0 unspecified atom stereocenters. The maximum Gasteiger partial charge on any atom is 0.303 e. The highest BCUT2D eigenvalue weighted by Crippen LogP contribution is 2.30. The first-order valence-electron chi connectivity index (χ1n) is 5.77. The first kappa shape index (κ1) is 13.3. The van der Waals surface area contributed by atoms with Crippen LogP contribution in [0, 0.1) is 0 Å². The SMILES string of the molecule is CO[C@@H]1Cc2ccccc2N(S(=O)(=O)N(C)C)C1. The summed E-state index contributed by atoms with van der Waals surface area (Å²) in [5.41, 5.74) is 1.75. The maximum atomic E-state index is 12.3. The fourth-order valence-corrected chi connectivity index (χ4v) is 3.27. The molecule has 18 heavy (non-hydrogen) atoms. The van der Waals surface area contributed by atoms with Gasteiger partial charge in [-0.05, 0) is 11.6 Å². The summed E-state index contributed by atoms with van der Waals surface area (Å²) in [6.45, 7) is 0.355. The molecule has 1 aromatic rings. The molecule has 2 rings (SSSR count). The Kier molecular flexibility index (Phi) is 3.61. The fourth-order valence-electron chi connectivity index (χ4n) is 2.09. The minimum Gasteiger partial charge on any atom is -0.379 e. The largest absolute Gasteiger partial charge is 0.379 e. The second-order valence-electron chi connectivity index (χ2n) is 4.51. The van der Waals surface area contributed by atoms with Crippen LogP contribution < -0.4 is 4.31 Å². The van der Waals surface area contributed by atoms with Gasteiger partial charge < -0.3 is 4.74 Å². The summed E-state index contributed by atoms with van der Waals surface area (Å²) in [6, 6.07) is 7.54. The third-order valence-corrected chi connectivity index (χ3v) is 4.98. The first-order valence-corrected chi connectivity index (χ1v) is 7.17. The average molecular weight is 270 g/mol. The molecular weight excluding hydrogens is 252 g/mol. The lowest BCUT2D eigenvalue weighted by Gasteiger charge is -2.35. The molecule has 6 heteroatoms. The van der Waals surface area contributed by atoms with Crippen LogP contribution in [0.1, 0.15) is 5.56 Å². The van der Waals surface area contributed by atoms with Gasteiger partial charge in [-0.3, -0.25) is 4.31 Å². The number of ether oxygens (including phenoxy) is 1. The molecule has 0 saturated carbocycles. The molecule has 0 fully saturated rings. The monoisotopic (exact) mass is 270 g/mol. The van der Waals surface area contributed by atoms with Gasteiger partial charge in [0.2, 0.25) is 0 Å². The van der Waals surface area contributed by atoms with Crippen molar-refractivity contribution in [2.45, 2.75) is 12.5 Å². The van der Waals surface area contributed by atoms with Crippen LogP contribution in [0.15, 0.2) is 24.3 Å². The summed E-state index contributed by atoms with van der Waals surface area (Å²) >= 11 is 0. The summed E-state index contributed by atoms with van der Waals surface area (Å²) in [5, 5.41) is 0. The van der Waals surface area contributed by atoms with Gasteiger partial charge in [-0.15, -0.1) is 0 Å². The summed E-state index contributed by atoms with van der Waals surface area (Å²) in [6.07, 6.45) is 0.640. The zero-order chi connectivity index (χ0) is 13.3. The van der Waals surface area contributed by atoms with Crippen LogP contribution in [0.25, 0.3) is 0 Å². The third kappa shape index (κ3) is 2.23. The molecule has 1 heterocycles. The molecule has 1 aliphatic heterocycles. The Labute approximate surface area is 108 Å². The van der Waals surface area contributed by atoms with Gasteiger partial charge in [0.1, 0.15) is 0 Å². The van der Waals surface area contributed by atoms with Gasteiger partial charge in [-0.2, -0.15) is 12.7 Å². The van der Waals surface area contributed by atoms with Crippen molar-refractivity contribution < 1.29 is 13.2 Å². The van der Waals surface area contributed by atoms with E-state index in [2.05, 4.69) is 0 Å². The predicted molar refractivity (Wildman–Crippen MR) is 70.9 cm³/mol. The zero-order valence-electron chi connectivity index (χ0n) is 10.8. The molecule has 100 valence electrons. The summed E-state index contributed by atoms with van der Waals surface area (Å²) in [5.74, 6) is 0. The van der Waals surface area contributed by atoms with Crippen LogP contribution in [0.5, 0.6) is 0 Å². The van der Waals surface area contributed by atoms with E-state index in [9.17, 15) is 8.42 Å². The molecule has 1 aromatic carbocycles. The van der Waals surface area contributed by atoms with Crippen molar-refractivity contribution in [3.8, 4) is 0 Å². The zero-order valence-corrected chi connectivity index (χ0v) is 11.6. The second kappa shape index (κ2) is 4.87. The van der Waals surface area contributed by atoms with Crippen molar-refractivity contribution >= 4 is 15.9 Å². The van der Waals surface area contributed by atoms with Gasteiger partial charge in [0.15, 0.2) is 0 Å². The lowest BCUT2D eigenvalue weighted by Crippen LogP contribution is -2.47. The topological polar surface area (TPSA) is 49.9 Å². The van der Waals surface area contributed by atoms with E-state index in [0.717, 1.165) is 17.7 Å². The van der Waals surface area contributed by atoms with Crippen molar-refractivity contribution in [3.05, 3.63) is 29.8 Å². The number of fused-ring (bicyclic) bond motifs is 1. The van der Waals surface area contributed by atoms with Crippen molar-refractivity contribution in [3.63, 3.8) is 0 Å². The van der Waals surface area contributed by atoms with Gasteiger partial charge in [-0.1, -0.05) is 18.2 Å². The molecule has 0 bridgehead atoms. The Bertz CT molecular complexity index is 528. The molecule has 0 saturated heterocycles. The number of hydrogen-bond donors (Lipinski definition) is 0. The number of hydrogen-bond acceptors (Lipinski definition) is 3. The quantitative estimate of drug-likeness (QED) is 0.819. The Morgan fingerprint density at radius 2 is 2.00 bits per heavy atom. The smallest absolute Gasteiger partial charge is 0.303 e. The van der Waals surface area contributed by atoms with Gasteiger partial charge in [0, 0.05) is 27.6 Å². The summed E-state index contributed by atoms with van der Waals surface area (Å²) in [4.78, 5) is 0. The fraction of sp³-hybridized carbons (Fsp3) is 0.500. The Morgan fingerprint density at radius 1 is 1.33 bits per heavy atom. The lowest BCUT2D eigenvalue weighted by molar-refractivity contribution is 0.107. The van der Waals surface area contributed by atoms with E-state index in [0.29, 0.717) is 6.54 Å². The molecule has 0 aromatic heterocycles. The van der Waals surface area contributed by atoms with Gasteiger partial charge in [-0.25, -0.2) is 0 Å². The van der Waals surface area contributed by atoms with E-state index in [-0.39, 0.29) is 6.10 Å². The van der Waals surface area contributed by atoms with Crippen molar-refractivity contribution in [2.24, 2.45) is 0 Å². The number of anilines is 1. The number of nitrogens with zero attached hydrogens (tertiary/aromatic N) is 2. The second-order valence-corrected chi connectivity index (χ2v) is 6.58. The molecule has 0 radical (unpaired) electrons. The number of benzene rings is 1. The van der Waals surface area contributed by atoms with Crippen molar-refractivity contribution in [2.75, 3.05) is 32.1 Å². The van der Waals surface area contributed by atoms with Gasteiger partial charge >= 0.3 is 10.2 Å². The number of para-hydroxylation sites is 1. The standard InChI is InChI=1S/C12H18N2O3S/c1-13(2)18(15,16)14-9-11(17-3)8-10-6-4-5-7-12(10)14/h4-7,11H,8-9H2,1-3H3/t11-/m1/s1. The van der Waals surface area contributed by atoms with Gasteiger partial charge in [0.05, 0.1) is 18.3 Å². The van der Waals surface area contributed by atoms with E-state index in [1.165, 1.54) is 22.7 Å². The van der Waals surface area contributed by atoms with Gasteiger partial charge in [0.25, 0.3) is 0 Å². The minimum absolute atomic E-state index is 0.102. The Morgan fingerprint density at radius 3 is 2.61 bits per heavy atom. The van der Waals surface area contributed by atoms with E-state index >= 15 is 0 Å². The summed E-state index contributed by atoms with van der Waals surface area (Å²) < 4.78 is 32.6. The van der Waals surface area contributed by atoms with Crippen LogP contribution in [0.3, 0.4) is 0 Å². The molecule has 1 atom stereocenters. The maximum absolute atomic E-state index is 12.3. The lowest BCUT2D eigenvalue weighted by atomic mass is 10.0. The van der Waals surface area contributed by atoms with Crippen LogP contribution in [-0.4, -0.2) is 46.6 Å². The van der Waals surface area contributed by atoms with E-state index in [1.54, 1.807) is 7.11 Å². The van der Waals surface area contributed by atoms with E-state index in [4.69, 9.17) is 4.74 Å². The van der Waals surface area contributed by atoms with E-state index < -0.39 is 10.2 Å². The molecule has 0 spiro atoms. The highest BCUT2D eigenvalue weighted by molar-refractivity contribution is 7.90. The Hall–Kier alpha value is -1.11. The average Bonchev–Trinajstić information content (AvgIpc) is 2.37. The van der Waals surface area contributed by atoms with Crippen molar-refractivity contribution in [1.29, 1.82) is 0 Å². The Balaban J connectivity index is 2.48. The molecule has 0 N–H and O–H groups in total. The molecule has 0 aliphatic carbocycles. The highest BCUT2D eigenvalue weighted by atomic mass is 32.2. The number of methoxy groups -OCH3 is 1. The number of rotatable bonds is 3. The van der Waals surface area contributed by atoms with Crippen molar-refractivity contribution in [1.82, 2.24) is 4.31 Å². The predicted octanol–water partition coefficient (Wildman–Crippen LogP) is 0.871. The van der Waals surface area contributed by atoms with E-state index in [1.807, 2.05) is 24.3 Å². The normalized spacial score (nSPS) is 20.0. The van der Waals surface area contributed by atoms with Crippen LogP contribution in [0.4, 0.5) is 5.69 Å². The third-order valence-electron chi connectivity index (χ3n) is 3.15. The molecule has 0 amide bonds. The highest BCUT2D eigenvalue weighted by Gasteiger charge is 2.33. The van der Waals surface area contributed by atoms with Crippen LogP contribution >= 0.6 is 0 Å².